The third kappa shape index (κ3) is 8.01. The van der Waals surface area contributed by atoms with Gasteiger partial charge in [-0.25, -0.2) is 0 Å². The standard InChI is InChI=1S/C85H98BN3/c1-51-39-63-64(83(18,19)58-32-26-25-31-57(58)82(63,16)17)48-70(51)88-72-47-62-60(79(10,11)50-81(62,14)15)45-67(72)86-66-44-59-61(80(12,13)49-78(59,8)9)46-71(66)87(68-35-33-53(76(2,3)4)40-56(68)52-29-23-22-24-30-52)73-42-55(43-74(88)75(73)86)89-69-36-34-54(77(5,6)7)41-65(69)84(20)37-27-28-38-85(84,89)21/h22-26,29-36,39-48H,27-28,37-38,49-50H2,1-21H3. The van der Waals surface area contributed by atoms with Crippen LogP contribution >= 0.6 is 0 Å². The molecule has 8 aromatic carbocycles. The molecule has 15 rings (SSSR count). The van der Waals surface area contributed by atoms with Gasteiger partial charge >= 0.3 is 0 Å². The van der Waals surface area contributed by atoms with E-state index in [1.165, 1.54) is 153 Å². The molecule has 7 aliphatic rings. The minimum Gasteiger partial charge on any atom is -0.334 e. The molecule has 4 heteroatoms. The van der Waals surface area contributed by atoms with Crippen LogP contribution in [0.5, 0.6) is 0 Å². The molecule has 0 spiro atoms. The quantitative estimate of drug-likeness (QED) is 0.163. The highest BCUT2D eigenvalue weighted by molar-refractivity contribution is 7.00. The Morgan fingerprint density at radius 1 is 0.382 bits per heavy atom. The van der Waals surface area contributed by atoms with Gasteiger partial charge in [0, 0.05) is 61.6 Å². The van der Waals surface area contributed by atoms with Crippen molar-refractivity contribution in [2.45, 2.75) is 238 Å². The van der Waals surface area contributed by atoms with Crippen molar-refractivity contribution in [1.82, 2.24) is 0 Å². The first kappa shape index (κ1) is 58.6. The van der Waals surface area contributed by atoms with Crippen molar-refractivity contribution in [2.24, 2.45) is 0 Å². The molecule has 89 heavy (non-hydrogen) atoms. The molecule has 0 bridgehead atoms. The number of hydrogen-bond acceptors (Lipinski definition) is 3. The number of benzene rings is 8. The second-order valence-electron chi connectivity index (χ2n) is 35.3. The number of aryl methyl sites for hydroxylation is 1. The molecule has 2 unspecified atom stereocenters. The molecule has 3 nitrogen and oxygen atoms in total. The van der Waals surface area contributed by atoms with Gasteiger partial charge < -0.3 is 14.7 Å². The summed E-state index contributed by atoms with van der Waals surface area (Å²) in [6, 6.07) is 57.4. The lowest BCUT2D eigenvalue weighted by atomic mass is 9.33. The van der Waals surface area contributed by atoms with E-state index in [1.54, 1.807) is 0 Å². The van der Waals surface area contributed by atoms with E-state index in [1.807, 2.05) is 0 Å². The third-order valence-corrected chi connectivity index (χ3v) is 24.6. The summed E-state index contributed by atoms with van der Waals surface area (Å²) in [5.41, 5.74) is 33.6. The lowest BCUT2D eigenvalue weighted by Gasteiger charge is -2.51. The second kappa shape index (κ2) is 18.3. The number of nitrogens with zero attached hydrogens (tertiary/aromatic N) is 3. The van der Waals surface area contributed by atoms with Crippen LogP contribution in [0.2, 0.25) is 0 Å². The van der Waals surface area contributed by atoms with Crippen molar-refractivity contribution >= 4 is 68.6 Å². The van der Waals surface area contributed by atoms with Gasteiger partial charge in [0.1, 0.15) is 0 Å². The maximum atomic E-state index is 2.90. The van der Waals surface area contributed by atoms with Crippen LogP contribution in [0.15, 0.2) is 140 Å². The predicted octanol–water partition coefficient (Wildman–Crippen LogP) is 21.0. The highest BCUT2D eigenvalue weighted by Crippen LogP contribution is 2.64. The van der Waals surface area contributed by atoms with Crippen molar-refractivity contribution in [3.63, 3.8) is 0 Å². The first-order valence-corrected chi connectivity index (χ1v) is 34.1. The summed E-state index contributed by atoms with van der Waals surface area (Å²) in [5.74, 6) is 0. The molecule has 3 heterocycles. The van der Waals surface area contributed by atoms with Crippen LogP contribution in [0, 0.1) is 6.92 Å². The number of hydrogen-bond donors (Lipinski definition) is 0. The lowest BCUT2D eigenvalue weighted by Crippen LogP contribution is -2.62. The van der Waals surface area contributed by atoms with Gasteiger partial charge in [0.25, 0.3) is 6.71 Å². The first-order valence-electron chi connectivity index (χ1n) is 34.1. The van der Waals surface area contributed by atoms with Gasteiger partial charge in [0.2, 0.25) is 0 Å². The van der Waals surface area contributed by atoms with E-state index in [4.69, 9.17) is 0 Å². The van der Waals surface area contributed by atoms with Crippen LogP contribution in [0.1, 0.15) is 244 Å². The van der Waals surface area contributed by atoms with Crippen molar-refractivity contribution in [2.75, 3.05) is 14.7 Å². The average molecular weight is 1170 g/mol. The van der Waals surface area contributed by atoms with E-state index < -0.39 is 0 Å². The zero-order chi connectivity index (χ0) is 63.2. The summed E-state index contributed by atoms with van der Waals surface area (Å²) in [6.07, 6.45) is 6.93. The van der Waals surface area contributed by atoms with E-state index in [2.05, 4.69) is 300 Å². The normalized spacial score (nSPS) is 22.9. The van der Waals surface area contributed by atoms with Crippen LogP contribution in [-0.4, -0.2) is 12.3 Å². The van der Waals surface area contributed by atoms with Gasteiger partial charge in [-0.15, -0.1) is 0 Å². The monoisotopic (exact) mass is 1170 g/mol. The van der Waals surface area contributed by atoms with Crippen molar-refractivity contribution in [3.8, 4) is 11.1 Å². The fourth-order valence-corrected chi connectivity index (χ4v) is 20.0. The van der Waals surface area contributed by atoms with E-state index in [9.17, 15) is 0 Å². The molecule has 4 aliphatic carbocycles. The zero-order valence-corrected chi connectivity index (χ0v) is 57.9. The van der Waals surface area contributed by atoms with Gasteiger partial charge in [-0.05, 0) is 209 Å². The molecular weight excluding hydrogens is 1070 g/mol. The SMILES string of the molecule is Cc1cc2c(cc1N1c3cc4c(cc3B3c5cc6c(cc5N(c5ccc(C(C)(C)C)cc5-c5ccccc5)c5cc(N7c8ccc(C(C)(C)C)cc8C8(C)CCCCC78C)cc1c53)C(C)(C)CC6(C)C)C(C)(C)CC4(C)C)C(C)(C)c1ccccc1C2(C)C. The molecule has 3 aliphatic heterocycles. The van der Waals surface area contributed by atoms with Crippen molar-refractivity contribution in [3.05, 3.63) is 206 Å². The summed E-state index contributed by atoms with van der Waals surface area (Å²) in [4.78, 5) is 8.53. The topological polar surface area (TPSA) is 9.72 Å². The van der Waals surface area contributed by atoms with Crippen LogP contribution in [-0.2, 0) is 48.7 Å². The Balaban J connectivity index is 1.13. The van der Waals surface area contributed by atoms with Gasteiger partial charge in [-0.1, -0.05) is 235 Å². The summed E-state index contributed by atoms with van der Waals surface area (Å²) >= 11 is 0. The highest BCUT2D eigenvalue weighted by atomic mass is 15.3. The molecule has 0 radical (unpaired) electrons. The summed E-state index contributed by atoms with van der Waals surface area (Å²) in [7, 11) is 0. The molecule has 456 valence electrons. The first-order chi connectivity index (χ1) is 41.5. The molecule has 1 fully saturated rings. The third-order valence-electron chi connectivity index (χ3n) is 24.6. The molecule has 8 aromatic rings. The van der Waals surface area contributed by atoms with E-state index in [0.717, 1.165) is 25.7 Å². The Labute approximate surface area is 535 Å². The fourth-order valence-electron chi connectivity index (χ4n) is 20.0. The maximum absolute atomic E-state index is 2.90. The van der Waals surface area contributed by atoms with Crippen LogP contribution < -0.4 is 31.1 Å². The van der Waals surface area contributed by atoms with Gasteiger partial charge in [0.15, 0.2) is 0 Å². The maximum Gasteiger partial charge on any atom is 0.252 e. The van der Waals surface area contributed by atoms with Crippen molar-refractivity contribution in [1.29, 1.82) is 0 Å². The van der Waals surface area contributed by atoms with Crippen LogP contribution in [0.25, 0.3) is 11.1 Å². The Morgan fingerprint density at radius 2 is 0.831 bits per heavy atom. The molecule has 1 saturated carbocycles. The molecule has 2 atom stereocenters. The van der Waals surface area contributed by atoms with Gasteiger partial charge in [-0.2, -0.15) is 0 Å². The number of rotatable bonds is 4. The Bertz CT molecular complexity index is 4360. The van der Waals surface area contributed by atoms with Gasteiger partial charge in [-0.3, -0.25) is 0 Å². The van der Waals surface area contributed by atoms with E-state index >= 15 is 0 Å². The van der Waals surface area contributed by atoms with E-state index in [-0.39, 0.29) is 61.0 Å². The molecule has 0 saturated heterocycles. The molecule has 0 N–H and O–H groups in total. The molecule has 0 aromatic heterocycles. The van der Waals surface area contributed by atoms with Crippen molar-refractivity contribution < 1.29 is 0 Å². The minimum absolute atomic E-state index is 0.0125. The Hall–Kier alpha value is -6.78. The second-order valence-corrected chi connectivity index (χ2v) is 35.3. The highest BCUT2D eigenvalue weighted by Gasteiger charge is 2.59. The number of anilines is 8. The van der Waals surface area contributed by atoms with Gasteiger partial charge in [0.05, 0.1) is 11.2 Å². The Morgan fingerprint density at radius 3 is 1.36 bits per heavy atom. The molecule has 0 amide bonds. The minimum atomic E-state index is -0.245. The summed E-state index contributed by atoms with van der Waals surface area (Å²) < 4.78 is 0. The largest absolute Gasteiger partial charge is 0.334 e. The average Bonchev–Trinajstić information content (AvgIpc) is 1.37. The Kier molecular flexibility index (Phi) is 12.0. The zero-order valence-electron chi connectivity index (χ0n) is 57.9. The van der Waals surface area contributed by atoms with E-state index in [0.29, 0.717) is 0 Å². The lowest BCUT2D eigenvalue weighted by molar-refractivity contribution is 0.195. The van der Waals surface area contributed by atoms with Crippen LogP contribution in [0.3, 0.4) is 0 Å². The smallest absolute Gasteiger partial charge is 0.252 e. The van der Waals surface area contributed by atoms with Crippen LogP contribution in [0.4, 0.5) is 45.5 Å². The summed E-state index contributed by atoms with van der Waals surface area (Å²) in [6.45, 7) is 52.0. The fraction of sp³-hybridized carbons (Fsp3) is 0.435. The number of fused-ring (bicyclic) bond motifs is 11. The molecular formula is C85H98BN3. The summed E-state index contributed by atoms with van der Waals surface area (Å²) in [5, 5.41) is 0. The predicted molar refractivity (Wildman–Crippen MR) is 383 cm³/mol.